The van der Waals surface area contributed by atoms with Crippen molar-refractivity contribution in [1.29, 1.82) is 0 Å². The summed E-state index contributed by atoms with van der Waals surface area (Å²) in [6.45, 7) is 7.73. The van der Waals surface area contributed by atoms with E-state index in [-0.39, 0.29) is 0 Å². The van der Waals surface area contributed by atoms with E-state index in [2.05, 4.69) is 26.5 Å². The second kappa shape index (κ2) is 5.37. The number of aromatic nitrogens is 4. The first kappa shape index (κ1) is 13.9. The fourth-order valence-electron chi connectivity index (χ4n) is 3.32. The van der Waals surface area contributed by atoms with Gasteiger partial charge in [0.25, 0.3) is 0 Å². The molecule has 1 fully saturated rings. The van der Waals surface area contributed by atoms with Crippen LogP contribution < -0.4 is 0 Å². The molecule has 1 saturated heterocycles. The summed E-state index contributed by atoms with van der Waals surface area (Å²) < 4.78 is 4.19. The molecule has 0 N–H and O–H groups in total. The third-order valence-electron chi connectivity index (χ3n) is 4.19. The van der Waals surface area contributed by atoms with Crippen LogP contribution in [0.1, 0.15) is 37.3 Å². The molecule has 5 nitrogen and oxygen atoms in total. The summed E-state index contributed by atoms with van der Waals surface area (Å²) in [5, 5.41) is 4.48. The average molecular weight is 296 g/mol. The molecule has 0 saturated carbocycles. The molecule has 0 aliphatic carbocycles. The Morgan fingerprint density at radius 2 is 2.00 bits per heavy atom. The summed E-state index contributed by atoms with van der Waals surface area (Å²) in [5.41, 5.74) is 3.04. The van der Waals surface area contributed by atoms with Crippen molar-refractivity contribution in [1.82, 2.24) is 24.2 Å². The van der Waals surface area contributed by atoms with E-state index < -0.39 is 0 Å². The highest BCUT2D eigenvalue weighted by atomic mass is 35.5. The molecule has 2 aromatic heterocycles. The minimum atomic E-state index is 0.363. The molecule has 0 radical (unpaired) electrons. The van der Waals surface area contributed by atoms with E-state index in [4.69, 9.17) is 11.6 Å². The number of nitrogens with zero attached hydrogens (tertiary/aromatic N) is 5. The van der Waals surface area contributed by atoms with Crippen molar-refractivity contribution in [3.05, 3.63) is 11.5 Å². The van der Waals surface area contributed by atoms with Gasteiger partial charge >= 0.3 is 0 Å². The number of imidazole rings is 1. The molecule has 110 valence electrons. The molecule has 1 atom stereocenters. The summed E-state index contributed by atoms with van der Waals surface area (Å²) in [6, 6.07) is 0.363. The number of alkyl halides is 1. The van der Waals surface area contributed by atoms with E-state index in [0.717, 1.165) is 29.2 Å². The van der Waals surface area contributed by atoms with Crippen molar-refractivity contribution in [3.63, 3.8) is 0 Å². The lowest BCUT2D eigenvalue weighted by molar-refractivity contribution is 0.287. The van der Waals surface area contributed by atoms with Crippen molar-refractivity contribution in [2.75, 3.05) is 19.6 Å². The van der Waals surface area contributed by atoms with Crippen LogP contribution in [0.25, 0.3) is 11.2 Å². The normalized spacial score (nSPS) is 18.2. The van der Waals surface area contributed by atoms with Crippen LogP contribution in [0.3, 0.4) is 0 Å². The quantitative estimate of drug-likeness (QED) is 0.814. The van der Waals surface area contributed by atoms with Crippen molar-refractivity contribution in [2.45, 2.75) is 38.6 Å². The van der Waals surface area contributed by atoms with Crippen LogP contribution in [0.5, 0.6) is 0 Å². The zero-order valence-electron chi connectivity index (χ0n) is 12.4. The number of hydrogen-bond acceptors (Lipinski definition) is 3. The smallest absolute Gasteiger partial charge is 0.158 e. The fourth-order valence-corrected chi connectivity index (χ4v) is 3.51. The first-order valence-corrected chi connectivity index (χ1v) is 7.84. The molecule has 1 aliphatic rings. The summed E-state index contributed by atoms with van der Waals surface area (Å²) >= 11 is 6.10. The molecular weight excluding hydrogens is 274 g/mol. The first-order chi connectivity index (χ1) is 9.61. The Kier molecular flexibility index (Phi) is 3.73. The van der Waals surface area contributed by atoms with Crippen LogP contribution in [0.2, 0.25) is 0 Å². The van der Waals surface area contributed by atoms with E-state index >= 15 is 0 Å². The van der Waals surface area contributed by atoms with E-state index in [1.807, 2.05) is 18.7 Å². The van der Waals surface area contributed by atoms with Gasteiger partial charge in [0, 0.05) is 19.6 Å². The zero-order valence-corrected chi connectivity index (χ0v) is 13.2. The minimum Gasteiger partial charge on any atom is -0.308 e. The second-order valence-corrected chi connectivity index (χ2v) is 6.04. The Labute approximate surface area is 124 Å². The van der Waals surface area contributed by atoms with Gasteiger partial charge < -0.3 is 9.47 Å². The van der Waals surface area contributed by atoms with Gasteiger partial charge in [-0.3, -0.25) is 4.68 Å². The lowest BCUT2D eigenvalue weighted by Crippen LogP contribution is -2.28. The summed E-state index contributed by atoms with van der Waals surface area (Å²) in [6.07, 6.45) is 2.64. The topological polar surface area (TPSA) is 38.9 Å². The first-order valence-electron chi connectivity index (χ1n) is 7.30. The number of fused-ring (bicyclic) bond motifs is 1. The molecule has 20 heavy (non-hydrogen) atoms. The highest BCUT2D eigenvalue weighted by molar-refractivity contribution is 6.16. The third-order valence-corrected chi connectivity index (χ3v) is 4.43. The fraction of sp³-hybridized carbons (Fsp3) is 0.714. The predicted octanol–water partition coefficient (Wildman–Crippen LogP) is 2.47. The summed E-state index contributed by atoms with van der Waals surface area (Å²) in [7, 11) is 1.98. The van der Waals surface area contributed by atoms with Crippen molar-refractivity contribution < 1.29 is 0 Å². The molecule has 0 amide bonds. The maximum atomic E-state index is 6.10. The molecule has 0 spiro atoms. The maximum Gasteiger partial charge on any atom is 0.158 e. The number of aryl methyl sites for hydroxylation is 2. The van der Waals surface area contributed by atoms with E-state index in [9.17, 15) is 0 Å². The molecule has 0 bridgehead atoms. The van der Waals surface area contributed by atoms with E-state index in [1.165, 1.54) is 25.9 Å². The Balaban J connectivity index is 1.99. The van der Waals surface area contributed by atoms with Gasteiger partial charge in [0.05, 0.1) is 11.6 Å². The standard InChI is InChI=1S/C14H22ClN5/c1-10(9-19-6-4-5-7-19)20-12(8-15)16-13-11(2)17-18(3)14(13)20/h10H,4-9H2,1-3H3. The lowest BCUT2D eigenvalue weighted by Gasteiger charge is -2.23. The monoisotopic (exact) mass is 295 g/mol. The summed E-state index contributed by atoms with van der Waals surface area (Å²) in [5.74, 6) is 1.39. The SMILES string of the molecule is Cc1nn(C)c2c1nc(CCl)n2C(C)CN1CCCC1. The molecule has 6 heteroatoms. The van der Waals surface area contributed by atoms with Crippen LogP contribution in [-0.4, -0.2) is 43.9 Å². The van der Waals surface area contributed by atoms with Gasteiger partial charge in [-0.2, -0.15) is 5.10 Å². The van der Waals surface area contributed by atoms with Crippen LogP contribution in [0.4, 0.5) is 0 Å². The van der Waals surface area contributed by atoms with Crippen LogP contribution in [0, 0.1) is 6.92 Å². The summed E-state index contributed by atoms with van der Waals surface area (Å²) in [4.78, 5) is 7.20. The van der Waals surface area contributed by atoms with Gasteiger partial charge in [-0.25, -0.2) is 4.98 Å². The molecule has 3 heterocycles. The highest BCUT2D eigenvalue weighted by Crippen LogP contribution is 2.25. The van der Waals surface area contributed by atoms with Gasteiger partial charge in [0.15, 0.2) is 5.65 Å². The Morgan fingerprint density at radius 1 is 1.30 bits per heavy atom. The van der Waals surface area contributed by atoms with E-state index in [0.29, 0.717) is 11.9 Å². The van der Waals surface area contributed by atoms with Crippen molar-refractivity contribution in [2.24, 2.45) is 7.05 Å². The van der Waals surface area contributed by atoms with Crippen LogP contribution in [-0.2, 0) is 12.9 Å². The molecular formula is C14H22ClN5. The molecule has 1 unspecified atom stereocenters. The van der Waals surface area contributed by atoms with Gasteiger partial charge in [-0.15, -0.1) is 11.6 Å². The van der Waals surface area contributed by atoms with Crippen molar-refractivity contribution in [3.8, 4) is 0 Å². The number of likely N-dealkylation sites (tertiary alicyclic amines) is 1. The van der Waals surface area contributed by atoms with E-state index in [1.54, 1.807) is 0 Å². The van der Waals surface area contributed by atoms with Gasteiger partial charge in [0.2, 0.25) is 0 Å². The number of rotatable bonds is 4. The minimum absolute atomic E-state index is 0.363. The Morgan fingerprint density at radius 3 is 2.65 bits per heavy atom. The van der Waals surface area contributed by atoms with Gasteiger partial charge in [0.1, 0.15) is 11.3 Å². The van der Waals surface area contributed by atoms with Gasteiger partial charge in [-0.1, -0.05) is 0 Å². The Bertz CT molecular complexity index is 609. The van der Waals surface area contributed by atoms with Gasteiger partial charge in [-0.05, 0) is 39.8 Å². The molecule has 2 aromatic rings. The molecule has 0 aromatic carbocycles. The molecule has 1 aliphatic heterocycles. The third kappa shape index (κ3) is 2.23. The highest BCUT2D eigenvalue weighted by Gasteiger charge is 2.23. The predicted molar refractivity (Wildman–Crippen MR) is 81.2 cm³/mol. The van der Waals surface area contributed by atoms with Crippen molar-refractivity contribution >= 4 is 22.8 Å². The lowest BCUT2D eigenvalue weighted by atomic mass is 10.3. The largest absolute Gasteiger partial charge is 0.308 e. The second-order valence-electron chi connectivity index (χ2n) is 5.77. The molecule has 3 rings (SSSR count). The maximum absolute atomic E-state index is 6.10. The zero-order chi connectivity index (χ0) is 14.3. The number of halogens is 1. The van der Waals surface area contributed by atoms with Crippen LogP contribution in [0.15, 0.2) is 0 Å². The average Bonchev–Trinajstić information content (AvgIpc) is 3.08. The number of hydrogen-bond donors (Lipinski definition) is 0. The van der Waals surface area contributed by atoms with Crippen LogP contribution >= 0.6 is 11.6 Å². The Hall–Kier alpha value is -1.07.